The zero-order valence-corrected chi connectivity index (χ0v) is 10.3. The van der Waals surface area contributed by atoms with Crippen molar-refractivity contribution in [3.05, 3.63) is 35.4 Å². The van der Waals surface area contributed by atoms with E-state index in [1.807, 2.05) is 64.9 Å². The molecule has 0 fully saturated rings. The van der Waals surface area contributed by atoms with Crippen molar-refractivity contribution >= 4 is 12.4 Å². The minimum Gasteiger partial charge on any atom is -0.303 e. The molecule has 0 aromatic heterocycles. The van der Waals surface area contributed by atoms with Crippen LogP contribution in [0.3, 0.4) is 0 Å². The van der Waals surface area contributed by atoms with Crippen molar-refractivity contribution < 1.29 is 0 Å². The Balaban J connectivity index is 2.79. The third kappa shape index (κ3) is 4.59. The Morgan fingerprint density at radius 2 is 1.31 bits per heavy atom. The number of nitrogens with zero attached hydrogens (tertiary/aromatic N) is 4. The molecule has 1 rings (SSSR count). The number of hydrogen-bond acceptors (Lipinski definition) is 4. The highest BCUT2D eigenvalue weighted by molar-refractivity contribution is 5.85. The van der Waals surface area contributed by atoms with Gasteiger partial charge in [-0.25, -0.2) is 0 Å². The Kier molecular flexibility index (Phi) is 4.51. The van der Waals surface area contributed by atoms with Gasteiger partial charge in [-0.15, -0.1) is 0 Å². The molecule has 1 aromatic carbocycles. The smallest absolute Gasteiger partial charge is 0.0542 e. The molecule has 0 amide bonds. The summed E-state index contributed by atoms with van der Waals surface area (Å²) in [6.07, 6.45) is 3.65. The summed E-state index contributed by atoms with van der Waals surface area (Å²) in [6.45, 7) is 0. The molecule has 0 atom stereocenters. The van der Waals surface area contributed by atoms with Crippen LogP contribution >= 0.6 is 0 Å². The highest BCUT2D eigenvalue weighted by Gasteiger charge is 1.91. The van der Waals surface area contributed by atoms with Crippen molar-refractivity contribution in [2.24, 2.45) is 10.2 Å². The first-order valence-corrected chi connectivity index (χ1v) is 5.10. The van der Waals surface area contributed by atoms with Crippen LogP contribution in [0.4, 0.5) is 0 Å². The van der Waals surface area contributed by atoms with E-state index in [2.05, 4.69) is 10.2 Å². The summed E-state index contributed by atoms with van der Waals surface area (Å²) < 4.78 is 0. The Labute approximate surface area is 96.9 Å². The molecule has 1 aromatic rings. The van der Waals surface area contributed by atoms with Crippen molar-refractivity contribution in [2.75, 3.05) is 28.2 Å². The summed E-state index contributed by atoms with van der Waals surface area (Å²) in [7, 11) is 7.59. The first-order valence-electron chi connectivity index (χ1n) is 5.10. The normalized spacial score (nSPS) is 11.2. The molecular formula is C12H18N4. The van der Waals surface area contributed by atoms with E-state index in [0.717, 1.165) is 11.1 Å². The van der Waals surface area contributed by atoms with E-state index in [-0.39, 0.29) is 0 Å². The molecule has 0 aliphatic rings. The van der Waals surface area contributed by atoms with E-state index in [0.29, 0.717) is 0 Å². The van der Waals surface area contributed by atoms with Crippen LogP contribution in [0, 0.1) is 0 Å². The van der Waals surface area contributed by atoms with Crippen molar-refractivity contribution in [1.29, 1.82) is 0 Å². The van der Waals surface area contributed by atoms with Crippen LogP contribution in [0.1, 0.15) is 11.1 Å². The van der Waals surface area contributed by atoms with Crippen molar-refractivity contribution in [2.45, 2.75) is 0 Å². The van der Waals surface area contributed by atoms with Crippen molar-refractivity contribution in [3.8, 4) is 0 Å². The van der Waals surface area contributed by atoms with Gasteiger partial charge in [0.25, 0.3) is 0 Å². The van der Waals surface area contributed by atoms with Crippen LogP contribution in [-0.2, 0) is 0 Å². The number of benzene rings is 1. The first-order chi connectivity index (χ1) is 7.58. The molecule has 16 heavy (non-hydrogen) atoms. The van der Waals surface area contributed by atoms with Crippen LogP contribution in [0.5, 0.6) is 0 Å². The lowest BCUT2D eigenvalue weighted by Gasteiger charge is -2.04. The summed E-state index contributed by atoms with van der Waals surface area (Å²) in [5, 5.41) is 11.9. The molecule has 0 aliphatic carbocycles. The number of rotatable bonds is 4. The van der Waals surface area contributed by atoms with Crippen LogP contribution in [-0.4, -0.2) is 50.6 Å². The van der Waals surface area contributed by atoms with Crippen LogP contribution in [0.15, 0.2) is 34.5 Å². The Hall–Kier alpha value is -1.84. The van der Waals surface area contributed by atoms with Crippen LogP contribution in [0.25, 0.3) is 0 Å². The molecule has 0 bridgehead atoms. The molecule has 0 aliphatic heterocycles. The van der Waals surface area contributed by atoms with E-state index in [4.69, 9.17) is 0 Å². The molecule has 0 unspecified atom stereocenters. The molecule has 0 saturated heterocycles. The molecular weight excluding hydrogens is 200 g/mol. The van der Waals surface area contributed by atoms with Gasteiger partial charge >= 0.3 is 0 Å². The summed E-state index contributed by atoms with van der Waals surface area (Å²) in [6, 6.07) is 8.06. The summed E-state index contributed by atoms with van der Waals surface area (Å²) in [4.78, 5) is 0. The molecule has 4 nitrogen and oxygen atoms in total. The van der Waals surface area contributed by atoms with Crippen molar-refractivity contribution in [3.63, 3.8) is 0 Å². The Bertz CT molecular complexity index is 347. The van der Waals surface area contributed by atoms with Gasteiger partial charge in [0.05, 0.1) is 12.4 Å². The topological polar surface area (TPSA) is 31.2 Å². The molecule has 0 radical (unpaired) electrons. The average Bonchev–Trinajstić information content (AvgIpc) is 2.24. The van der Waals surface area contributed by atoms with E-state index < -0.39 is 0 Å². The highest BCUT2D eigenvalue weighted by Crippen LogP contribution is 2.01. The minimum atomic E-state index is 1.07. The molecule has 86 valence electrons. The van der Waals surface area contributed by atoms with Gasteiger partial charge in [0.1, 0.15) is 0 Å². The molecule has 0 spiro atoms. The SMILES string of the molecule is CN(C)/N=C\c1cccc(/C=N\N(C)C)c1. The van der Waals surface area contributed by atoms with Gasteiger partial charge in [0.2, 0.25) is 0 Å². The second kappa shape index (κ2) is 5.90. The predicted molar refractivity (Wildman–Crippen MR) is 69.0 cm³/mol. The summed E-state index contributed by atoms with van der Waals surface area (Å²) in [5.41, 5.74) is 2.13. The van der Waals surface area contributed by atoms with E-state index in [1.54, 1.807) is 10.0 Å². The lowest BCUT2D eigenvalue weighted by molar-refractivity contribution is 0.440. The molecule has 4 heteroatoms. The monoisotopic (exact) mass is 218 g/mol. The minimum absolute atomic E-state index is 1.07. The zero-order valence-electron chi connectivity index (χ0n) is 10.3. The van der Waals surface area contributed by atoms with Gasteiger partial charge in [-0.1, -0.05) is 18.2 Å². The van der Waals surface area contributed by atoms with Gasteiger partial charge in [-0.05, 0) is 17.2 Å². The standard InChI is InChI=1S/C12H18N4/c1-15(2)13-9-11-6-5-7-12(8-11)10-14-16(3)4/h5-10H,1-4H3/b13-9-,14-10-. The van der Waals surface area contributed by atoms with Crippen LogP contribution in [0.2, 0.25) is 0 Å². The fraction of sp³-hybridized carbons (Fsp3) is 0.333. The zero-order chi connectivity index (χ0) is 12.0. The van der Waals surface area contributed by atoms with E-state index >= 15 is 0 Å². The van der Waals surface area contributed by atoms with Gasteiger partial charge in [-0.2, -0.15) is 10.2 Å². The molecule has 0 heterocycles. The van der Waals surface area contributed by atoms with Gasteiger partial charge in [0, 0.05) is 28.2 Å². The third-order valence-electron chi connectivity index (χ3n) is 1.79. The quantitative estimate of drug-likeness (QED) is 0.566. The third-order valence-corrected chi connectivity index (χ3v) is 1.79. The van der Waals surface area contributed by atoms with Gasteiger partial charge in [0.15, 0.2) is 0 Å². The van der Waals surface area contributed by atoms with Gasteiger partial charge < -0.3 is 10.0 Å². The van der Waals surface area contributed by atoms with Crippen molar-refractivity contribution in [1.82, 2.24) is 10.0 Å². The second-order valence-corrected chi connectivity index (χ2v) is 3.85. The summed E-state index contributed by atoms with van der Waals surface area (Å²) in [5.74, 6) is 0. The fourth-order valence-electron chi connectivity index (χ4n) is 1.08. The van der Waals surface area contributed by atoms with E-state index in [1.165, 1.54) is 0 Å². The maximum absolute atomic E-state index is 4.18. The molecule has 0 N–H and O–H groups in total. The first kappa shape index (κ1) is 12.2. The second-order valence-electron chi connectivity index (χ2n) is 3.85. The number of hydrazone groups is 2. The lowest BCUT2D eigenvalue weighted by atomic mass is 10.1. The van der Waals surface area contributed by atoms with Gasteiger partial charge in [-0.3, -0.25) is 0 Å². The molecule has 0 saturated carbocycles. The summed E-state index contributed by atoms with van der Waals surface area (Å²) >= 11 is 0. The predicted octanol–water partition coefficient (Wildman–Crippen LogP) is 1.48. The fourth-order valence-corrected chi connectivity index (χ4v) is 1.08. The van der Waals surface area contributed by atoms with Crippen LogP contribution < -0.4 is 0 Å². The number of hydrogen-bond donors (Lipinski definition) is 0. The maximum Gasteiger partial charge on any atom is 0.0542 e. The maximum atomic E-state index is 4.18. The highest BCUT2D eigenvalue weighted by atomic mass is 15.4. The Morgan fingerprint density at radius 1 is 0.875 bits per heavy atom. The Morgan fingerprint density at radius 3 is 1.69 bits per heavy atom. The average molecular weight is 218 g/mol. The lowest BCUT2D eigenvalue weighted by Crippen LogP contribution is -2.03. The van der Waals surface area contributed by atoms with E-state index in [9.17, 15) is 0 Å². The largest absolute Gasteiger partial charge is 0.303 e.